The van der Waals surface area contributed by atoms with E-state index < -0.39 is 0 Å². The minimum absolute atomic E-state index is 0.154. The quantitative estimate of drug-likeness (QED) is 0.0298. The highest BCUT2D eigenvalue weighted by Gasteiger charge is 2.20. The molecule has 1 aliphatic rings. The molecule has 0 saturated heterocycles. The zero-order chi connectivity index (χ0) is 42.0. The van der Waals surface area contributed by atoms with Gasteiger partial charge >= 0.3 is 0 Å². The van der Waals surface area contributed by atoms with Crippen LogP contribution >= 0.6 is 0 Å². The number of fused-ring (bicyclic) bond motifs is 2. The minimum atomic E-state index is 0.154. The lowest BCUT2D eigenvalue weighted by molar-refractivity contribution is -0.120. The molecule has 0 bridgehead atoms. The average molecular weight is 833 g/mol. The molecule has 2 aromatic carbocycles. The summed E-state index contributed by atoms with van der Waals surface area (Å²) >= 11 is 0. The van der Waals surface area contributed by atoms with Gasteiger partial charge in [0.25, 0.3) is 0 Å². The fourth-order valence-corrected chi connectivity index (χ4v) is 6.07. The number of aliphatic imine (C=N–C) groups is 1. The van der Waals surface area contributed by atoms with E-state index >= 15 is 0 Å². The molecule has 2 aromatic heterocycles. The number of carbonyl (C=O) groups excluding carboxylic acids is 1. The number of aryl methyl sites for hydroxylation is 1. The molecular weight excluding hydrogens is 777 g/mol. The molecule has 3 heterocycles. The Morgan fingerprint density at radius 1 is 0.700 bits per heavy atom. The van der Waals surface area contributed by atoms with E-state index in [0.717, 1.165) is 27.9 Å². The first-order valence-electron chi connectivity index (χ1n) is 20.2. The molecule has 1 aliphatic heterocycles. The van der Waals surface area contributed by atoms with Gasteiger partial charge in [-0.1, -0.05) is 41.5 Å². The number of rotatable bonds is 33. The number of azide groups is 1. The average Bonchev–Trinajstić information content (AvgIpc) is 3.82. The van der Waals surface area contributed by atoms with Crippen molar-refractivity contribution in [3.63, 3.8) is 0 Å². The topological polar surface area (TPSA) is 248 Å². The van der Waals surface area contributed by atoms with Gasteiger partial charge < -0.3 is 49.4 Å². The molecule has 19 heteroatoms. The maximum absolute atomic E-state index is 12.5. The van der Waals surface area contributed by atoms with Crippen molar-refractivity contribution in [3.8, 4) is 11.3 Å². The lowest BCUT2D eigenvalue weighted by Gasteiger charge is -2.08. The van der Waals surface area contributed by atoms with Crippen LogP contribution in [0.2, 0.25) is 0 Å². The van der Waals surface area contributed by atoms with E-state index in [1.165, 1.54) is 6.33 Å². The maximum Gasteiger partial charge on any atom is 0.164 e. The first-order chi connectivity index (χ1) is 29.5. The summed E-state index contributed by atoms with van der Waals surface area (Å²) in [5.74, 6) is 1.11. The smallest absolute Gasteiger partial charge is 0.164 e. The lowest BCUT2D eigenvalue weighted by atomic mass is 10.0. The molecule has 60 heavy (non-hydrogen) atoms. The zero-order valence-electron chi connectivity index (χ0n) is 34.1. The first-order valence-corrected chi connectivity index (χ1v) is 20.2. The second-order valence-corrected chi connectivity index (χ2v) is 13.5. The van der Waals surface area contributed by atoms with Gasteiger partial charge in [0.1, 0.15) is 29.5 Å². The van der Waals surface area contributed by atoms with Crippen molar-refractivity contribution in [1.29, 1.82) is 0 Å². The third-order valence-corrected chi connectivity index (χ3v) is 9.13. The van der Waals surface area contributed by atoms with E-state index in [-0.39, 0.29) is 5.78 Å². The number of ketones is 1. The predicted molar refractivity (Wildman–Crippen MR) is 224 cm³/mol. The summed E-state index contributed by atoms with van der Waals surface area (Å²) in [5.41, 5.74) is 26.7. The van der Waals surface area contributed by atoms with Gasteiger partial charge in [-0.3, -0.25) is 4.79 Å². The van der Waals surface area contributed by atoms with E-state index in [0.29, 0.717) is 173 Å². The van der Waals surface area contributed by atoms with Crippen LogP contribution in [0.3, 0.4) is 0 Å². The van der Waals surface area contributed by atoms with Gasteiger partial charge in [-0.15, -0.1) is 0 Å². The second-order valence-electron chi connectivity index (χ2n) is 13.5. The van der Waals surface area contributed by atoms with Gasteiger partial charge in [-0.2, -0.15) is 5.10 Å². The summed E-state index contributed by atoms with van der Waals surface area (Å²) in [7, 11) is 0. The number of Topliss-reactive ketones (excluding diaryl/α,β-unsaturated/α-hetero) is 1. The molecule has 0 unspecified atom stereocenters. The van der Waals surface area contributed by atoms with Gasteiger partial charge in [0.15, 0.2) is 5.65 Å². The van der Waals surface area contributed by atoms with Gasteiger partial charge in [-0.25, -0.2) is 19.6 Å². The molecule has 0 atom stereocenters. The predicted octanol–water partition coefficient (Wildman–Crippen LogP) is 4.00. The van der Waals surface area contributed by atoms with Crippen LogP contribution in [0.4, 0.5) is 11.5 Å². The molecule has 19 nitrogen and oxygen atoms in total. The SMILES string of the molecule is [N-]=[N+]=NCCOCCOCCOCCOCCOCCOCCOCCOCCC(=O)CCc1ccc(Cn2nc(-c3ccc4c(c3)N=C(N)C4)c3c(N)ncnc32)cc1. The highest BCUT2D eigenvalue weighted by atomic mass is 16.6. The largest absolute Gasteiger partial charge is 0.387 e. The van der Waals surface area contributed by atoms with Crippen LogP contribution in [0.1, 0.15) is 29.5 Å². The molecule has 324 valence electrons. The molecule has 0 aliphatic carbocycles. The number of benzene rings is 2. The number of nitrogens with zero attached hydrogens (tertiary/aromatic N) is 8. The number of nitrogen functional groups attached to an aromatic ring is 1. The summed E-state index contributed by atoms with van der Waals surface area (Å²) in [6.07, 6.45) is 3.55. The standard InChI is InChI=1S/C41H56N10O9/c42-37-28-33-6-7-34(27-36(33)48-37)39-38-40(43)45-30-46-41(38)51(49-39)29-32-3-1-31(2-4-32)5-8-35(52)9-11-53-13-15-55-17-19-57-21-23-59-25-26-60-24-22-58-20-18-56-16-14-54-12-10-47-50-44/h1-4,6-7,27,30H,5,8-26,28-29H2,(H2,42,48)(H2,43,45,46). The van der Waals surface area contributed by atoms with Crippen LogP contribution in [0.15, 0.2) is 58.9 Å². The van der Waals surface area contributed by atoms with Gasteiger partial charge in [0.2, 0.25) is 0 Å². The van der Waals surface area contributed by atoms with Crippen molar-refractivity contribution in [2.75, 3.05) is 118 Å². The molecule has 4 aromatic rings. The van der Waals surface area contributed by atoms with Gasteiger partial charge in [0, 0.05) is 36.3 Å². The van der Waals surface area contributed by atoms with Gasteiger partial charge in [-0.05, 0) is 34.7 Å². The van der Waals surface area contributed by atoms with Crippen molar-refractivity contribution in [2.24, 2.45) is 15.8 Å². The molecule has 4 N–H and O–H groups in total. The summed E-state index contributed by atoms with van der Waals surface area (Å²) < 4.78 is 45.5. The van der Waals surface area contributed by atoms with Crippen LogP contribution in [0, 0.1) is 0 Å². The van der Waals surface area contributed by atoms with Crippen molar-refractivity contribution >= 4 is 34.2 Å². The Hall–Kier alpha value is -5.08. The van der Waals surface area contributed by atoms with Crippen molar-refractivity contribution in [1.82, 2.24) is 19.7 Å². The number of aromatic nitrogens is 4. The second kappa shape index (κ2) is 26.9. The summed E-state index contributed by atoms with van der Waals surface area (Å²) in [5, 5.41) is 8.98. The maximum atomic E-state index is 12.5. The summed E-state index contributed by atoms with van der Waals surface area (Å²) in [6.45, 7) is 8.00. The Labute approximate surface area is 349 Å². The highest BCUT2D eigenvalue weighted by molar-refractivity contribution is 5.99. The summed E-state index contributed by atoms with van der Waals surface area (Å²) in [6, 6.07) is 14.2. The van der Waals surface area contributed by atoms with E-state index in [4.69, 9.17) is 60.0 Å². The third-order valence-electron chi connectivity index (χ3n) is 9.13. The number of carbonyl (C=O) groups is 1. The Kier molecular flexibility index (Phi) is 20.6. The van der Waals surface area contributed by atoms with Crippen LogP contribution in [0.25, 0.3) is 32.7 Å². The van der Waals surface area contributed by atoms with Crippen molar-refractivity contribution in [2.45, 2.75) is 32.2 Å². The molecule has 0 radical (unpaired) electrons. The van der Waals surface area contributed by atoms with E-state index in [9.17, 15) is 4.79 Å². The molecule has 0 saturated carbocycles. The molecular formula is C41H56N10O9. The number of hydrogen-bond donors (Lipinski definition) is 2. The summed E-state index contributed by atoms with van der Waals surface area (Å²) in [4.78, 5) is 28.3. The van der Waals surface area contributed by atoms with Crippen molar-refractivity contribution in [3.05, 3.63) is 75.9 Å². The lowest BCUT2D eigenvalue weighted by Crippen LogP contribution is -2.15. The van der Waals surface area contributed by atoms with Crippen LogP contribution in [-0.4, -0.2) is 144 Å². The third kappa shape index (κ3) is 16.2. The Bertz CT molecular complexity index is 1970. The Balaban J connectivity index is 0.824. The molecule has 0 amide bonds. The van der Waals surface area contributed by atoms with Crippen molar-refractivity contribution < 1.29 is 42.7 Å². The first kappa shape index (κ1) is 46.0. The number of nitrogens with two attached hydrogens (primary N) is 2. The van der Waals surface area contributed by atoms with Crippen LogP contribution in [0.5, 0.6) is 0 Å². The normalized spacial score (nSPS) is 12.2. The van der Waals surface area contributed by atoms with E-state index in [2.05, 4.69) is 25.0 Å². The molecule has 5 rings (SSSR count). The Morgan fingerprint density at radius 2 is 1.25 bits per heavy atom. The van der Waals surface area contributed by atoms with Crippen LogP contribution in [-0.2, 0) is 62.1 Å². The molecule has 0 spiro atoms. The number of hydrogen-bond acceptors (Lipinski definition) is 16. The molecule has 0 fully saturated rings. The van der Waals surface area contributed by atoms with Crippen LogP contribution < -0.4 is 11.5 Å². The zero-order valence-corrected chi connectivity index (χ0v) is 34.1. The fraction of sp³-hybridized carbons (Fsp3) is 0.537. The monoisotopic (exact) mass is 832 g/mol. The van der Waals surface area contributed by atoms with E-state index in [1.807, 2.05) is 47.1 Å². The number of amidine groups is 1. The van der Waals surface area contributed by atoms with E-state index in [1.54, 1.807) is 0 Å². The minimum Gasteiger partial charge on any atom is -0.387 e. The Morgan fingerprint density at radius 3 is 1.83 bits per heavy atom. The fourth-order valence-electron chi connectivity index (χ4n) is 6.07. The number of anilines is 1. The van der Waals surface area contributed by atoms with Gasteiger partial charge in [0.05, 0.1) is 123 Å². The highest BCUT2D eigenvalue weighted by Crippen LogP contribution is 2.35. The number of ether oxygens (including phenoxy) is 8.